The summed E-state index contributed by atoms with van der Waals surface area (Å²) in [6, 6.07) is 16.2. The Kier molecular flexibility index (Phi) is 6.39. The maximum Gasteiger partial charge on any atom is 0.335 e. The number of ether oxygens (including phenoxy) is 1. The van der Waals surface area contributed by atoms with E-state index < -0.39 is 11.8 Å². The van der Waals surface area contributed by atoms with Gasteiger partial charge in [0.25, 0.3) is 0 Å². The molecule has 2 N–H and O–H groups in total. The van der Waals surface area contributed by atoms with Crippen LogP contribution in [0, 0.1) is 5.82 Å². The summed E-state index contributed by atoms with van der Waals surface area (Å²) >= 11 is 12.2. The first-order valence-corrected chi connectivity index (χ1v) is 9.11. The molecule has 0 aliphatic rings. The van der Waals surface area contributed by atoms with Crippen LogP contribution in [0.25, 0.3) is 0 Å². The molecule has 144 valence electrons. The van der Waals surface area contributed by atoms with Crippen molar-refractivity contribution in [1.82, 2.24) is 0 Å². The Morgan fingerprint density at radius 1 is 1.04 bits per heavy atom. The lowest BCUT2D eigenvalue weighted by Gasteiger charge is -2.14. The van der Waals surface area contributed by atoms with Crippen molar-refractivity contribution in [2.75, 3.05) is 5.32 Å². The van der Waals surface area contributed by atoms with E-state index in [9.17, 15) is 9.18 Å². The highest BCUT2D eigenvalue weighted by molar-refractivity contribution is 6.33. The van der Waals surface area contributed by atoms with E-state index in [0.29, 0.717) is 28.0 Å². The number of hydrogen-bond acceptors (Lipinski definition) is 3. The van der Waals surface area contributed by atoms with Gasteiger partial charge in [-0.15, -0.1) is 0 Å². The monoisotopic (exact) mass is 419 g/mol. The lowest BCUT2D eigenvalue weighted by molar-refractivity contribution is 0.0697. The van der Waals surface area contributed by atoms with E-state index in [-0.39, 0.29) is 17.7 Å². The van der Waals surface area contributed by atoms with E-state index in [1.165, 1.54) is 30.3 Å². The Labute approximate surface area is 171 Å². The lowest BCUT2D eigenvalue weighted by atomic mass is 10.1. The van der Waals surface area contributed by atoms with Gasteiger partial charge in [-0.3, -0.25) is 0 Å². The van der Waals surface area contributed by atoms with Crippen molar-refractivity contribution in [3.63, 3.8) is 0 Å². The second kappa shape index (κ2) is 8.95. The molecule has 4 nitrogen and oxygen atoms in total. The molecule has 0 radical (unpaired) electrons. The van der Waals surface area contributed by atoms with Crippen LogP contribution in [0.1, 0.15) is 21.5 Å². The quantitative estimate of drug-likeness (QED) is 0.491. The van der Waals surface area contributed by atoms with Crippen LogP contribution in [0.4, 0.5) is 10.1 Å². The third-order valence-corrected chi connectivity index (χ3v) is 4.77. The Morgan fingerprint density at radius 2 is 1.82 bits per heavy atom. The Balaban J connectivity index is 1.74. The summed E-state index contributed by atoms with van der Waals surface area (Å²) in [5.74, 6) is -0.912. The number of rotatable bonds is 7. The van der Waals surface area contributed by atoms with Crippen LogP contribution < -0.4 is 10.1 Å². The molecule has 0 aliphatic carbocycles. The van der Waals surface area contributed by atoms with Crippen molar-refractivity contribution in [3.8, 4) is 5.75 Å². The van der Waals surface area contributed by atoms with Crippen LogP contribution in [0.5, 0.6) is 5.75 Å². The predicted octanol–water partition coefficient (Wildman–Crippen LogP) is 6.02. The molecule has 7 heteroatoms. The van der Waals surface area contributed by atoms with Gasteiger partial charge in [-0.25, -0.2) is 9.18 Å². The van der Waals surface area contributed by atoms with Crippen molar-refractivity contribution in [1.29, 1.82) is 0 Å². The molecule has 0 heterocycles. The fourth-order valence-electron chi connectivity index (χ4n) is 2.60. The molecule has 0 aromatic heterocycles. The minimum atomic E-state index is -1.04. The zero-order valence-electron chi connectivity index (χ0n) is 14.6. The highest BCUT2D eigenvalue weighted by Crippen LogP contribution is 2.27. The molecular formula is C21H16Cl2FNO3. The largest absolute Gasteiger partial charge is 0.488 e. The number of nitrogens with one attached hydrogen (secondary N) is 1. The Bertz CT molecular complexity index is 990. The highest BCUT2D eigenvalue weighted by Gasteiger charge is 2.11. The minimum Gasteiger partial charge on any atom is -0.488 e. The van der Waals surface area contributed by atoms with Gasteiger partial charge in [0.05, 0.1) is 21.3 Å². The van der Waals surface area contributed by atoms with Gasteiger partial charge in [-0.05, 0) is 36.4 Å². The van der Waals surface area contributed by atoms with Crippen molar-refractivity contribution in [2.45, 2.75) is 13.2 Å². The maximum atomic E-state index is 13.9. The van der Waals surface area contributed by atoms with E-state index in [4.69, 9.17) is 33.0 Å². The molecule has 28 heavy (non-hydrogen) atoms. The van der Waals surface area contributed by atoms with Gasteiger partial charge >= 0.3 is 5.97 Å². The number of carboxylic acid groups (broad SMARTS) is 1. The summed E-state index contributed by atoms with van der Waals surface area (Å²) in [5, 5.41) is 12.9. The molecule has 0 unspecified atom stereocenters. The third-order valence-electron chi connectivity index (χ3n) is 4.09. The van der Waals surface area contributed by atoms with Gasteiger partial charge in [0.15, 0.2) is 0 Å². The number of halogens is 3. The minimum absolute atomic E-state index is 0.0161. The van der Waals surface area contributed by atoms with Crippen molar-refractivity contribution in [3.05, 3.63) is 93.2 Å². The normalized spacial score (nSPS) is 10.5. The van der Waals surface area contributed by atoms with E-state index in [2.05, 4.69) is 5.32 Å². The molecule has 0 aliphatic heterocycles. The van der Waals surface area contributed by atoms with E-state index in [0.717, 1.165) is 5.56 Å². The molecular weight excluding hydrogens is 404 g/mol. The number of anilines is 1. The van der Waals surface area contributed by atoms with Gasteiger partial charge in [0.2, 0.25) is 0 Å². The topological polar surface area (TPSA) is 58.6 Å². The third kappa shape index (κ3) is 4.74. The Morgan fingerprint density at radius 3 is 2.57 bits per heavy atom. The second-order valence-corrected chi connectivity index (χ2v) is 6.76. The van der Waals surface area contributed by atoms with Crippen LogP contribution in [-0.2, 0) is 13.2 Å². The standard InChI is InChI=1S/C21H16Cl2FNO3/c22-16-5-3-6-18(24)15(16)12-28-20-7-2-1-4-14(20)11-25-19-10-13(21(26)27)8-9-17(19)23/h1-10,25H,11-12H2,(H,26,27). The fourth-order valence-corrected chi connectivity index (χ4v) is 3.00. The Hall–Kier alpha value is -2.76. The molecule has 0 fully saturated rings. The molecule has 0 saturated carbocycles. The molecule has 0 amide bonds. The van der Waals surface area contributed by atoms with Crippen LogP contribution in [0.2, 0.25) is 10.0 Å². The van der Waals surface area contributed by atoms with E-state index in [1.807, 2.05) is 12.1 Å². The summed E-state index contributed by atoms with van der Waals surface area (Å²) < 4.78 is 19.7. The summed E-state index contributed by atoms with van der Waals surface area (Å²) in [6.07, 6.45) is 0. The zero-order chi connectivity index (χ0) is 20.1. The maximum absolute atomic E-state index is 13.9. The van der Waals surface area contributed by atoms with Crippen LogP contribution in [-0.4, -0.2) is 11.1 Å². The fraction of sp³-hybridized carbons (Fsp3) is 0.0952. The van der Waals surface area contributed by atoms with E-state index >= 15 is 0 Å². The summed E-state index contributed by atoms with van der Waals surface area (Å²) in [7, 11) is 0. The van der Waals surface area contributed by atoms with Crippen LogP contribution in [0.15, 0.2) is 60.7 Å². The first-order valence-electron chi connectivity index (χ1n) is 8.36. The van der Waals surface area contributed by atoms with Crippen molar-refractivity contribution in [2.24, 2.45) is 0 Å². The van der Waals surface area contributed by atoms with E-state index in [1.54, 1.807) is 18.2 Å². The second-order valence-electron chi connectivity index (χ2n) is 5.95. The molecule has 3 rings (SSSR count). The summed E-state index contributed by atoms with van der Waals surface area (Å²) in [4.78, 5) is 11.1. The number of para-hydroxylation sites is 1. The predicted molar refractivity (Wildman–Crippen MR) is 108 cm³/mol. The van der Waals surface area contributed by atoms with Gasteiger partial charge < -0.3 is 15.2 Å². The van der Waals surface area contributed by atoms with Crippen LogP contribution in [0.3, 0.4) is 0 Å². The zero-order valence-corrected chi connectivity index (χ0v) is 16.1. The number of aromatic carboxylic acids is 1. The molecule has 0 spiro atoms. The van der Waals surface area contributed by atoms with Gasteiger partial charge in [0, 0.05) is 17.7 Å². The smallest absolute Gasteiger partial charge is 0.335 e. The van der Waals surface area contributed by atoms with Crippen molar-refractivity contribution < 1.29 is 19.0 Å². The van der Waals surface area contributed by atoms with Crippen molar-refractivity contribution >= 4 is 34.9 Å². The molecule has 0 atom stereocenters. The average molecular weight is 420 g/mol. The first kappa shape index (κ1) is 20.0. The van der Waals surface area contributed by atoms with Gasteiger partial charge in [-0.2, -0.15) is 0 Å². The molecule has 0 bridgehead atoms. The number of carbonyl (C=O) groups is 1. The molecule has 0 saturated heterocycles. The van der Waals surface area contributed by atoms with Crippen LogP contribution >= 0.6 is 23.2 Å². The molecule has 3 aromatic carbocycles. The average Bonchev–Trinajstić information content (AvgIpc) is 2.67. The highest BCUT2D eigenvalue weighted by atomic mass is 35.5. The molecule has 3 aromatic rings. The number of benzene rings is 3. The van der Waals surface area contributed by atoms with Gasteiger partial charge in [-0.1, -0.05) is 47.5 Å². The number of hydrogen-bond donors (Lipinski definition) is 2. The number of carboxylic acids is 1. The first-order chi connectivity index (χ1) is 13.5. The lowest BCUT2D eigenvalue weighted by Crippen LogP contribution is -2.06. The van der Waals surface area contributed by atoms with Gasteiger partial charge in [0.1, 0.15) is 18.2 Å². The SMILES string of the molecule is O=C(O)c1ccc(Cl)c(NCc2ccccc2OCc2c(F)cccc2Cl)c1. The summed E-state index contributed by atoms with van der Waals surface area (Å²) in [5.41, 5.74) is 1.70. The summed E-state index contributed by atoms with van der Waals surface area (Å²) in [6.45, 7) is 0.321.